The van der Waals surface area contributed by atoms with Gasteiger partial charge in [-0.05, 0) is 39.2 Å². The van der Waals surface area contributed by atoms with Crippen LogP contribution in [0.15, 0.2) is 0 Å². The van der Waals surface area contributed by atoms with Crippen LogP contribution >= 0.6 is 0 Å². The summed E-state index contributed by atoms with van der Waals surface area (Å²) in [6.45, 7) is 3.93. The first-order valence-electron chi connectivity index (χ1n) is 9.47. The third-order valence-corrected chi connectivity index (χ3v) is 5.80. The minimum atomic E-state index is -0.643. The van der Waals surface area contributed by atoms with Gasteiger partial charge in [-0.1, -0.05) is 12.8 Å². The Labute approximate surface area is 151 Å². The lowest BCUT2D eigenvalue weighted by molar-refractivity contribution is -0.134. The molecule has 1 N–H and O–H groups in total. The Hall–Kier alpha value is -1.63. The average Bonchev–Trinajstić information content (AvgIpc) is 3.02. The lowest BCUT2D eigenvalue weighted by Gasteiger charge is -2.43. The Morgan fingerprint density at radius 2 is 1.88 bits per heavy atom. The summed E-state index contributed by atoms with van der Waals surface area (Å²) in [4.78, 5) is 16.6. The minimum absolute atomic E-state index is 0.00662. The van der Waals surface area contributed by atoms with Crippen molar-refractivity contribution in [3.05, 3.63) is 0 Å². The van der Waals surface area contributed by atoms with Crippen LogP contribution in [0.25, 0.3) is 0 Å². The van der Waals surface area contributed by atoms with E-state index in [0.29, 0.717) is 19.6 Å². The van der Waals surface area contributed by atoms with Crippen molar-refractivity contribution in [3.63, 3.8) is 0 Å². The van der Waals surface area contributed by atoms with Gasteiger partial charge in [0, 0.05) is 25.0 Å². The summed E-state index contributed by atoms with van der Waals surface area (Å²) in [7, 11) is 0. The second-order valence-electron chi connectivity index (χ2n) is 7.59. The van der Waals surface area contributed by atoms with Crippen LogP contribution < -0.4 is 0 Å². The molecule has 6 nitrogen and oxygen atoms in total. The van der Waals surface area contributed by atoms with Gasteiger partial charge in [0.2, 0.25) is 5.91 Å². The lowest BCUT2D eigenvalue weighted by Crippen LogP contribution is -2.51. The SMILES string of the molecule is C[C@]1(O)CCCC[C@@H]1[C@H]1CCCN1CC(=O)N(CCC#N)CCC#N. The number of hydrogen-bond donors (Lipinski definition) is 1. The maximum absolute atomic E-state index is 12.7. The Balaban J connectivity index is 2.00. The van der Waals surface area contributed by atoms with E-state index in [0.717, 1.165) is 45.1 Å². The van der Waals surface area contributed by atoms with Crippen molar-refractivity contribution in [2.45, 2.75) is 69.9 Å². The van der Waals surface area contributed by atoms with E-state index in [4.69, 9.17) is 10.5 Å². The molecule has 0 bridgehead atoms. The quantitative estimate of drug-likeness (QED) is 0.762. The first kappa shape index (κ1) is 19.7. The number of carbonyl (C=O) groups is 1. The Morgan fingerprint density at radius 1 is 1.20 bits per heavy atom. The molecule has 0 spiro atoms. The fourth-order valence-electron chi connectivity index (χ4n) is 4.46. The molecule has 3 atom stereocenters. The van der Waals surface area contributed by atoms with Crippen LogP contribution in [0, 0.1) is 28.6 Å². The maximum Gasteiger partial charge on any atom is 0.236 e. The highest BCUT2D eigenvalue weighted by atomic mass is 16.3. The van der Waals surface area contributed by atoms with Crippen molar-refractivity contribution in [2.24, 2.45) is 5.92 Å². The van der Waals surface area contributed by atoms with E-state index in [9.17, 15) is 9.90 Å². The van der Waals surface area contributed by atoms with Crippen molar-refractivity contribution in [1.82, 2.24) is 9.80 Å². The van der Waals surface area contributed by atoms with Gasteiger partial charge >= 0.3 is 0 Å². The highest BCUT2D eigenvalue weighted by Gasteiger charge is 2.43. The minimum Gasteiger partial charge on any atom is -0.390 e. The van der Waals surface area contributed by atoms with Crippen molar-refractivity contribution >= 4 is 5.91 Å². The molecule has 1 saturated carbocycles. The summed E-state index contributed by atoms with van der Waals surface area (Å²) in [6.07, 6.45) is 6.75. The van der Waals surface area contributed by atoms with Crippen molar-refractivity contribution < 1.29 is 9.90 Å². The van der Waals surface area contributed by atoms with Crippen LogP contribution in [0.4, 0.5) is 0 Å². The molecule has 1 aliphatic carbocycles. The predicted molar refractivity (Wildman–Crippen MR) is 94.2 cm³/mol. The predicted octanol–water partition coefficient (Wildman–Crippen LogP) is 2.05. The molecule has 2 rings (SSSR count). The zero-order valence-electron chi connectivity index (χ0n) is 15.3. The van der Waals surface area contributed by atoms with Gasteiger partial charge in [-0.3, -0.25) is 9.69 Å². The number of nitriles is 2. The van der Waals surface area contributed by atoms with Crippen LogP contribution in [0.2, 0.25) is 0 Å². The van der Waals surface area contributed by atoms with Crippen LogP contribution in [-0.2, 0) is 4.79 Å². The van der Waals surface area contributed by atoms with Gasteiger partial charge in [0.05, 0.1) is 37.1 Å². The van der Waals surface area contributed by atoms with Crippen LogP contribution in [0.3, 0.4) is 0 Å². The monoisotopic (exact) mass is 346 g/mol. The van der Waals surface area contributed by atoms with E-state index >= 15 is 0 Å². The molecule has 0 aromatic rings. The van der Waals surface area contributed by atoms with Crippen molar-refractivity contribution in [1.29, 1.82) is 10.5 Å². The van der Waals surface area contributed by atoms with Gasteiger partial charge in [-0.25, -0.2) is 0 Å². The summed E-state index contributed by atoms with van der Waals surface area (Å²) < 4.78 is 0. The number of carbonyl (C=O) groups excluding carboxylic acids is 1. The third-order valence-electron chi connectivity index (χ3n) is 5.80. The second kappa shape index (κ2) is 9.17. The normalized spacial score (nSPS) is 29.8. The summed E-state index contributed by atoms with van der Waals surface area (Å²) in [5.41, 5.74) is -0.643. The maximum atomic E-state index is 12.7. The van der Waals surface area contributed by atoms with Crippen molar-refractivity contribution in [2.75, 3.05) is 26.2 Å². The zero-order valence-corrected chi connectivity index (χ0v) is 15.3. The smallest absolute Gasteiger partial charge is 0.236 e. The Morgan fingerprint density at radius 3 is 2.48 bits per heavy atom. The molecule has 0 aromatic heterocycles. The molecule has 2 aliphatic rings. The van der Waals surface area contributed by atoms with Gasteiger partial charge in [-0.15, -0.1) is 0 Å². The molecular formula is C19H30N4O2. The van der Waals surface area contributed by atoms with E-state index in [2.05, 4.69) is 17.0 Å². The highest BCUT2D eigenvalue weighted by molar-refractivity contribution is 5.78. The standard InChI is InChI=1S/C19H30N4O2/c1-19(25)9-3-2-7-16(19)17-8-4-12-23(17)15-18(24)22(13-5-10-20)14-6-11-21/h16-17,25H,2-9,12-15H2,1H3/t16-,17-,19+/m1/s1. The van der Waals surface area contributed by atoms with E-state index < -0.39 is 5.60 Å². The number of hydrogen-bond acceptors (Lipinski definition) is 5. The molecule has 2 fully saturated rings. The Bertz CT molecular complexity index is 517. The number of aliphatic hydroxyl groups is 1. The average molecular weight is 346 g/mol. The van der Waals surface area contributed by atoms with E-state index in [1.807, 2.05) is 6.92 Å². The van der Waals surface area contributed by atoms with Gasteiger partial charge in [0.15, 0.2) is 0 Å². The summed E-state index contributed by atoms with van der Waals surface area (Å²) >= 11 is 0. The van der Waals surface area contributed by atoms with Crippen LogP contribution in [0.5, 0.6) is 0 Å². The fraction of sp³-hybridized carbons (Fsp3) is 0.842. The fourth-order valence-corrected chi connectivity index (χ4v) is 4.46. The second-order valence-corrected chi connectivity index (χ2v) is 7.59. The van der Waals surface area contributed by atoms with Crippen molar-refractivity contribution in [3.8, 4) is 12.1 Å². The molecule has 0 aromatic carbocycles. The largest absolute Gasteiger partial charge is 0.390 e. The summed E-state index contributed by atoms with van der Waals surface area (Å²) in [6, 6.07) is 4.40. The molecule has 138 valence electrons. The van der Waals surface area contributed by atoms with Gasteiger partial charge in [0.25, 0.3) is 0 Å². The molecule has 25 heavy (non-hydrogen) atoms. The molecule has 1 amide bonds. The molecule has 1 heterocycles. The topological polar surface area (TPSA) is 91.4 Å². The van der Waals surface area contributed by atoms with E-state index in [-0.39, 0.29) is 30.7 Å². The lowest BCUT2D eigenvalue weighted by atomic mass is 9.72. The van der Waals surface area contributed by atoms with Gasteiger partial charge < -0.3 is 10.0 Å². The van der Waals surface area contributed by atoms with Gasteiger partial charge in [-0.2, -0.15) is 10.5 Å². The summed E-state index contributed by atoms with van der Waals surface area (Å²) in [5.74, 6) is 0.219. The molecule has 0 radical (unpaired) electrons. The number of nitrogens with zero attached hydrogens (tertiary/aromatic N) is 4. The number of amides is 1. The number of rotatable bonds is 7. The van der Waals surface area contributed by atoms with E-state index in [1.165, 1.54) is 0 Å². The highest BCUT2D eigenvalue weighted by Crippen LogP contribution is 2.40. The van der Waals surface area contributed by atoms with Crippen LogP contribution in [0.1, 0.15) is 58.3 Å². The molecule has 1 aliphatic heterocycles. The van der Waals surface area contributed by atoms with Crippen LogP contribution in [-0.4, -0.2) is 58.6 Å². The van der Waals surface area contributed by atoms with E-state index in [1.54, 1.807) is 4.90 Å². The first-order valence-corrected chi connectivity index (χ1v) is 9.47. The first-order chi connectivity index (χ1) is 12.0. The third kappa shape index (κ3) is 5.17. The molecular weight excluding hydrogens is 316 g/mol. The zero-order chi connectivity index (χ0) is 18.3. The Kier molecular flexibility index (Phi) is 7.23. The molecule has 6 heteroatoms. The molecule has 1 saturated heterocycles. The van der Waals surface area contributed by atoms with Gasteiger partial charge in [0.1, 0.15) is 0 Å². The summed E-state index contributed by atoms with van der Waals surface area (Å²) in [5, 5.41) is 28.4. The number of likely N-dealkylation sites (tertiary alicyclic amines) is 1. The molecule has 0 unspecified atom stereocenters.